The van der Waals surface area contributed by atoms with Crippen LogP contribution in [0.15, 0.2) is 53.7 Å². The van der Waals surface area contributed by atoms with E-state index in [4.69, 9.17) is 19.0 Å². The van der Waals surface area contributed by atoms with Crippen LogP contribution < -0.4 is 14.2 Å². The summed E-state index contributed by atoms with van der Waals surface area (Å²) in [5.41, 5.74) is 3.22. The van der Waals surface area contributed by atoms with Crippen molar-refractivity contribution in [1.82, 2.24) is 0 Å². The molecule has 0 amide bonds. The second-order valence-electron chi connectivity index (χ2n) is 7.89. The summed E-state index contributed by atoms with van der Waals surface area (Å²) in [4.78, 5) is 4.71. The molecule has 166 valence electrons. The predicted octanol–water partition coefficient (Wildman–Crippen LogP) is 6.01. The first kappa shape index (κ1) is 22.7. The molecule has 0 aromatic heterocycles. The molecule has 0 radical (unpaired) electrons. The summed E-state index contributed by atoms with van der Waals surface area (Å²) in [5, 5.41) is 3.77. The van der Waals surface area contributed by atoms with E-state index < -0.39 is 0 Å². The standard InChI is InChI=1S/C26H33NO4/c1-5-6-15-29-25-16-19(2)26(20(3)17-25)31-24-13-11-23(12-14-24)30-22-9-7-21(8-10-22)18-27-28-4/h5-10,16-18,23-24H,11-15H2,1-4H3/b6-5+,27-18+. The number of oxime groups is 1. The summed E-state index contributed by atoms with van der Waals surface area (Å²) >= 11 is 0. The highest BCUT2D eigenvalue weighted by atomic mass is 16.6. The summed E-state index contributed by atoms with van der Waals surface area (Å²) < 4.78 is 18.3. The Morgan fingerprint density at radius 3 is 2.10 bits per heavy atom. The van der Waals surface area contributed by atoms with Gasteiger partial charge in [0.25, 0.3) is 0 Å². The Bertz CT molecular complexity index is 858. The van der Waals surface area contributed by atoms with E-state index >= 15 is 0 Å². The predicted molar refractivity (Wildman–Crippen MR) is 125 cm³/mol. The fourth-order valence-corrected chi connectivity index (χ4v) is 3.79. The van der Waals surface area contributed by atoms with E-state index in [2.05, 4.69) is 31.1 Å². The maximum Gasteiger partial charge on any atom is 0.125 e. The Kier molecular flexibility index (Phi) is 8.39. The highest BCUT2D eigenvalue weighted by Crippen LogP contribution is 2.33. The summed E-state index contributed by atoms with van der Waals surface area (Å²) in [6.07, 6.45) is 10.1. The molecule has 5 heteroatoms. The first-order chi connectivity index (χ1) is 15.1. The molecule has 1 aliphatic carbocycles. The molecule has 3 rings (SSSR count). The molecular weight excluding hydrogens is 390 g/mol. The van der Waals surface area contributed by atoms with Gasteiger partial charge in [0.15, 0.2) is 0 Å². The highest BCUT2D eigenvalue weighted by molar-refractivity contribution is 5.79. The Labute approximate surface area is 185 Å². The number of allylic oxidation sites excluding steroid dienone is 1. The number of hydrogen-bond donors (Lipinski definition) is 0. The van der Waals surface area contributed by atoms with Crippen molar-refractivity contribution in [3.63, 3.8) is 0 Å². The number of rotatable bonds is 9. The van der Waals surface area contributed by atoms with Gasteiger partial charge in [-0.2, -0.15) is 0 Å². The summed E-state index contributed by atoms with van der Waals surface area (Å²) in [6, 6.07) is 12.0. The van der Waals surface area contributed by atoms with E-state index in [0.717, 1.165) is 59.6 Å². The van der Waals surface area contributed by atoms with Crippen LogP contribution in [0.2, 0.25) is 0 Å². The van der Waals surface area contributed by atoms with Crippen molar-refractivity contribution >= 4 is 6.21 Å². The second kappa shape index (κ2) is 11.4. The second-order valence-corrected chi connectivity index (χ2v) is 7.89. The Morgan fingerprint density at radius 1 is 0.903 bits per heavy atom. The van der Waals surface area contributed by atoms with Gasteiger partial charge in [0, 0.05) is 0 Å². The van der Waals surface area contributed by atoms with E-state index in [-0.39, 0.29) is 12.2 Å². The molecule has 5 nitrogen and oxygen atoms in total. The van der Waals surface area contributed by atoms with Crippen molar-refractivity contribution in [3.05, 3.63) is 65.2 Å². The van der Waals surface area contributed by atoms with Gasteiger partial charge in [0.2, 0.25) is 0 Å². The van der Waals surface area contributed by atoms with Gasteiger partial charge in [0.1, 0.15) is 31.0 Å². The third kappa shape index (κ3) is 6.78. The maximum absolute atomic E-state index is 6.40. The van der Waals surface area contributed by atoms with Gasteiger partial charge in [0.05, 0.1) is 18.4 Å². The van der Waals surface area contributed by atoms with Gasteiger partial charge in [-0.25, -0.2) is 0 Å². The molecule has 0 bridgehead atoms. The molecule has 1 saturated carbocycles. The molecular formula is C26H33NO4. The zero-order valence-corrected chi connectivity index (χ0v) is 19.0. The SMILES string of the molecule is C/C=C/COc1cc(C)c(OC2CCC(Oc3ccc(/C=N/OC)cc3)CC2)c(C)c1. The quantitative estimate of drug-likeness (QED) is 0.282. The zero-order chi connectivity index (χ0) is 22.1. The fraction of sp³-hybridized carbons (Fsp3) is 0.423. The van der Waals surface area contributed by atoms with Gasteiger partial charge in [-0.3, -0.25) is 0 Å². The molecule has 1 fully saturated rings. The van der Waals surface area contributed by atoms with Crippen LogP contribution in [0.5, 0.6) is 17.2 Å². The molecule has 0 spiro atoms. The molecule has 31 heavy (non-hydrogen) atoms. The highest BCUT2D eigenvalue weighted by Gasteiger charge is 2.24. The lowest BCUT2D eigenvalue weighted by molar-refractivity contribution is 0.0798. The average molecular weight is 424 g/mol. The van der Waals surface area contributed by atoms with Crippen LogP contribution in [0.25, 0.3) is 0 Å². The third-order valence-corrected chi connectivity index (χ3v) is 5.41. The minimum Gasteiger partial charge on any atom is -0.490 e. The fourth-order valence-electron chi connectivity index (χ4n) is 3.79. The Hall–Kier alpha value is -2.95. The topological polar surface area (TPSA) is 49.3 Å². The zero-order valence-electron chi connectivity index (χ0n) is 19.0. The average Bonchev–Trinajstić information content (AvgIpc) is 2.77. The summed E-state index contributed by atoms with van der Waals surface area (Å²) in [6.45, 7) is 6.75. The van der Waals surface area contributed by atoms with Crippen LogP contribution in [-0.4, -0.2) is 32.1 Å². The molecule has 2 aromatic rings. The van der Waals surface area contributed by atoms with Crippen molar-refractivity contribution in [3.8, 4) is 17.2 Å². The van der Waals surface area contributed by atoms with E-state index in [1.165, 1.54) is 7.11 Å². The molecule has 1 aliphatic rings. The lowest BCUT2D eigenvalue weighted by Crippen LogP contribution is -2.30. The first-order valence-electron chi connectivity index (χ1n) is 10.9. The van der Waals surface area contributed by atoms with Gasteiger partial charge in [-0.15, -0.1) is 0 Å². The van der Waals surface area contributed by atoms with Crippen molar-refractivity contribution < 1.29 is 19.0 Å². The summed E-state index contributed by atoms with van der Waals surface area (Å²) in [5.74, 6) is 2.76. The van der Waals surface area contributed by atoms with E-state index in [9.17, 15) is 0 Å². The number of aryl methyl sites for hydroxylation is 2. The minimum absolute atomic E-state index is 0.222. The molecule has 0 unspecified atom stereocenters. The number of benzene rings is 2. The molecule has 0 saturated heterocycles. The lowest BCUT2D eigenvalue weighted by Gasteiger charge is -2.30. The monoisotopic (exact) mass is 423 g/mol. The van der Waals surface area contributed by atoms with Gasteiger partial charge in [-0.1, -0.05) is 17.3 Å². The van der Waals surface area contributed by atoms with Crippen LogP contribution in [0, 0.1) is 13.8 Å². The number of hydrogen-bond acceptors (Lipinski definition) is 5. The lowest BCUT2D eigenvalue weighted by atomic mass is 9.94. The smallest absolute Gasteiger partial charge is 0.125 e. The van der Waals surface area contributed by atoms with Crippen molar-refractivity contribution in [2.24, 2.45) is 5.16 Å². The van der Waals surface area contributed by atoms with Crippen molar-refractivity contribution in [2.75, 3.05) is 13.7 Å². The van der Waals surface area contributed by atoms with Gasteiger partial charge in [-0.05, 0) is 99.5 Å². The van der Waals surface area contributed by atoms with E-state index in [1.54, 1.807) is 6.21 Å². The van der Waals surface area contributed by atoms with Crippen LogP contribution in [0.1, 0.15) is 49.3 Å². The van der Waals surface area contributed by atoms with E-state index in [1.807, 2.05) is 43.3 Å². The van der Waals surface area contributed by atoms with Crippen LogP contribution in [-0.2, 0) is 4.84 Å². The largest absolute Gasteiger partial charge is 0.490 e. The number of nitrogens with zero attached hydrogens (tertiary/aromatic N) is 1. The minimum atomic E-state index is 0.222. The molecule has 0 heterocycles. The number of ether oxygens (including phenoxy) is 3. The van der Waals surface area contributed by atoms with Gasteiger partial charge < -0.3 is 19.0 Å². The van der Waals surface area contributed by atoms with Crippen molar-refractivity contribution in [1.29, 1.82) is 0 Å². The maximum atomic E-state index is 6.40. The van der Waals surface area contributed by atoms with Crippen LogP contribution in [0.3, 0.4) is 0 Å². The third-order valence-electron chi connectivity index (χ3n) is 5.41. The molecule has 0 atom stereocenters. The summed E-state index contributed by atoms with van der Waals surface area (Å²) in [7, 11) is 1.53. The normalized spacial score (nSPS) is 19.0. The molecule has 0 aliphatic heterocycles. The Balaban J connectivity index is 1.50. The Morgan fingerprint density at radius 2 is 1.52 bits per heavy atom. The van der Waals surface area contributed by atoms with E-state index in [0.29, 0.717) is 6.61 Å². The van der Waals surface area contributed by atoms with Crippen molar-refractivity contribution in [2.45, 2.75) is 58.7 Å². The molecule has 2 aromatic carbocycles. The first-order valence-corrected chi connectivity index (χ1v) is 10.9. The van der Waals surface area contributed by atoms with Crippen LogP contribution >= 0.6 is 0 Å². The van der Waals surface area contributed by atoms with Gasteiger partial charge >= 0.3 is 0 Å². The van der Waals surface area contributed by atoms with Crippen LogP contribution in [0.4, 0.5) is 0 Å². The molecule has 0 N–H and O–H groups in total.